The normalized spacial score (nSPS) is 10.8. The summed E-state index contributed by atoms with van der Waals surface area (Å²) < 4.78 is 27.0. The van der Waals surface area contributed by atoms with E-state index in [4.69, 9.17) is 23.7 Å². The third-order valence-corrected chi connectivity index (χ3v) is 4.36. The minimum absolute atomic E-state index is 0.138. The number of nitrogens with one attached hydrogen (secondary N) is 1. The molecule has 0 amide bonds. The molecule has 138 valence electrons. The second-order valence-corrected chi connectivity index (χ2v) is 5.77. The molecule has 0 aliphatic heterocycles. The van der Waals surface area contributed by atoms with Crippen molar-refractivity contribution in [3.63, 3.8) is 0 Å². The van der Waals surface area contributed by atoms with Crippen LogP contribution in [0.2, 0.25) is 0 Å². The van der Waals surface area contributed by atoms with Crippen LogP contribution in [0.1, 0.15) is 5.56 Å². The lowest BCUT2D eigenvalue weighted by molar-refractivity contribution is 0.0502. The first-order valence-corrected chi connectivity index (χ1v) is 8.18. The lowest BCUT2D eigenvalue weighted by Crippen LogP contribution is -2.01. The summed E-state index contributed by atoms with van der Waals surface area (Å²) in [5.74, 6) is 2.64. The molecule has 0 bridgehead atoms. The van der Waals surface area contributed by atoms with Crippen LogP contribution in [0.5, 0.6) is 23.0 Å². The number of methoxy groups -OCH3 is 4. The van der Waals surface area contributed by atoms with Crippen LogP contribution in [0.25, 0.3) is 22.2 Å². The fourth-order valence-electron chi connectivity index (χ4n) is 3.06. The number of aromatic nitrogens is 1. The highest BCUT2D eigenvalue weighted by Gasteiger charge is 2.18. The highest BCUT2D eigenvalue weighted by Crippen LogP contribution is 2.41. The van der Waals surface area contributed by atoms with Gasteiger partial charge in [-0.3, -0.25) is 0 Å². The van der Waals surface area contributed by atoms with E-state index in [1.165, 1.54) is 0 Å². The van der Waals surface area contributed by atoms with Crippen molar-refractivity contribution >= 4 is 10.9 Å². The summed E-state index contributed by atoms with van der Waals surface area (Å²) in [6.07, 6.45) is 0. The number of H-pyrrole nitrogens is 1. The standard InChI is InChI=1S/C20H23NO5/c1-12-14-7-9-16(24-4)20(26-11-22-2)19(14)21-18(12)13-6-8-15(23-3)17(10-13)25-5/h6-10,21H,11H2,1-5H3. The van der Waals surface area contributed by atoms with Crippen LogP contribution in [0.4, 0.5) is 0 Å². The third-order valence-electron chi connectivity index (χ3n) is 4.36. The molecule has 0 saturated heterocycles. The Balaban J connectivity index is 2.17. The van der Waals surface area contributed by atoms with E-state index in [9.17, 15) is 0 Å². The van der Waals surface area contributed by atoms with Gasteiger partial charge < -0.3 is 28.7 Å². The quantitative estimate of drug-likeness (QED) is 0.644. The van der Waals surface area contributed by atoms with E-state index < -0.39 is 0 Å². The molecule has 6 nitrogen and oxygen atoms in total. The highest BCUT2D eigenvalue weighted by atomic mass is 16.7. The minimum atomic E-state index is 0.138. The number of aryl methyl sites for hydroxylation is 1. The van der Waals surface area contributed by atoms with Crippen molar-refractivity contribution in [3.8, 4) is 34.3 Å². The van der Waals surface area contributed by atoms with Crippen molar-refractivity contribution < 1.29 is 23.7 Å². The van der Waals surface area contributed by atoms with Gasteiger partial charge in [-0.15, -0.1) is 0 Å². The van der Waals surface area contributed by atoms with Crippen molar-refractivity contribution in [3.05, 3.63) is 35.9 Å². The fourth-order valence-corrected chi connectivity index (χ4v) is 3.06. The molecule has 3 aromatic rings. The van der Waals surface area contributed by atoms with Gasteiger partial charge in [-0.25, -0.2) is 0 Å². The Kier molecular flexibility index (Phi) is 5.23. The van der Waals surface area contributed by atoms with E-state index in [1.807, 2.05) is 30.3 Å². The Labute approximate surface area is 152 Å². The van der Waals surface area contributed by atoms with Crippen molar-refractivity contribution in [1.82, 2.24) is 4.98 Å². The van der Waals surface area contributed by atoms with Crippen LogP contribution in [-0.4, -0.2) is 40.2 Å². The Morgan fingerprint density at radius 1 is 0.846 bits per heavy atom. The molecular formula is C20H23NO5. The van der Waals surface area contributed by atoms with Crippen molar-refractivity contribution in [2.24, 2.45) is 0 Å². The number of hydrogen-bond acceptors (Lipinski definition) is 5. The molecule has 0 aliphatic rings. The monoisotopic (exact) mass is 357 g/mol. The van der Waals surface area contributed by atoms with Gasteiger partial charge in [0.1, 0.15) is 0 Å². The molecule has 26 heavy (non-hydrogen) atoms. The van der Waals surface area contributed by atoms with Gasteiger partial charge in [-0.1, -0.05) is 0 Å². The minimum Gasteiger partial charge on any atom is -0.493 e. The number of rotatable bonds is 7. The zero-order valence-electron chi connectivity index (χ0n) is 15.6. The molecule has 0 aliphatic carbocycles. The summed E-state index contributed by atoms with van der Waals surface area (Å²) in [6.45, 7) is 2.21. The molecule has 2 aromatic carbocycles. The lowest BCUT2D eigenvalue weighted by atomic mass is 10.1. The molecule has 1 aromatic heterocycles. The Hall–Kier alpha value is -2.86. The van der Waals surface area contributed by atoms with Gasteiger partial charge in [0.25, 0.3) is 0 Å². The summed E-state index contributed by atoms with van der Waals surface area (Å²) in [5.41, 5.74) is 3.95. The van der Waals surface area contributed by atoms with Gasteiger partial charge in [0.15, 0.2) is 29.8 Å². The van der Waals surface area contributed by atoms with Crippen LogP contribution >= 0.6 is 0 Å². The zero-order valence-corrected chi connectivity index (χ0v) is 15.6. The summed E-state index contributed by atoms with van der Waals surface area (Å²) in [6, 6.07) is 9.74. The number of hydrogen-bond donors (Lipinski definition) is 1. The molecule has 0 fully saturated rings. The van der Waals surface area contributed by atoms with Gasteiger partial charge >= 0.3 is 0 Å². The van der Waals surface area contributed by atoms with Gasteiger partial charge in [-0.05, 0) is 42.8 Å². The molecular weight excluding hydrogens is 334 g/mol. The predicted octanol–water partition coefficient (Wildman–Crippen LogP) is 4.15. The topological polar surface area (TPSA) is 61.9 Å². The van der Waals surface area contributed by atoms with E-state index >= 15 is 0 Å². The summed E-state index contributed by atoms with van der Waals surface area (Å²) in [5, 5.41) is 1.06. The highest BCUT2D eigenvalue weighted by molar-refractivity contribution is 5.96. The SMILES string of the molecule is COCOc1c(OC)ccc2c(C)c(-c3ccc(OC)c(OC)c3)[nH]c12. The molecule has 0 atom stereocenters. The molecule has 0 unspecified atom stereocenters. The number of fused-ring (bicyclic) bond motifs is 1. The maximum atomic E-state index is 5.75. The summed E-state index contributed by atoms with van der Waals surface area (Å²) in [7, 11) is 6.45. The molecule has 0 radical (unpaired) electrons. The van der Waals surface area contributed by atoms with E-state index in [0.717, 1.165) is 27.7 Å². The smallest absolute Gasteiger partial charge is 0.189 e. The van der Waals surface area contributed by atoms with Crippen LogP contribution in [0.3, 0.4) is 0 Å². The van der Waals surface area contributed by atoms with Crippen LogP contribution in [0, 0.1) is 6.92 Å². The lowest BCUT2D eigenvalue weighted by Gasteiger charge is -2.11. The Morgan fingerprint density at radius 2 is 1.54 bits per heavy atom. The average molecular weight is 357 g/mol. The first kappa shape index (κ1) is 17.9. The number of ether oxygens (including phenoxy) is 5. The molecule has 0 saturated carbocycles. The largest absolute Gasteiger partial charge is 0.493 e. The first-order chi connectivity index (χ1) is 12.6. The average Bonchev–Trinajstić information content (AvgIpc) is 3.02. The predicted molar refractivity (Wildman–Crippen MR) is 101 cm³/mol. The second kappa shape index (κ2) is 7.58. The van der Waals surface area contributed by atoms with Gasteiger partial charge in [0.05, 0.1) is 26.8 Å². The molecule has 3 rings (SSSR count). The second-order valence-electron chi connectivity index (χ2n) is 5.77. The van der Waals surface area contributed by atoms with E-state index in [-0.39, 0.29) is 6.79 Å². The zero-order chi connectivity index (χ0) is 18.7. The first-order valence-electron chi connectivity index (χ1n) is 8.18. The Morgan fingerprint density at radius 3 is 2.19 bits per heavy atom. The van der Waals surface area contributed by atoms with Crippen LogP contribution in [-0.2, 0) is 4.74 Å². The third kappa shape index (κ3) is 3.04. The van der Waals surface area contributed by atoms with Gasteiger partial charge in [0.2, 0.25) is 0 Å². The summed E-state index contributed by atoms with van der Waals surface area (Å²) in [4.78, 5) is 3.46. The van der Waals surface area contributed by atoms with Crippen molar-refractivity contribution in [1.29, 1.82) is 0 Å². The van der Waals surface area contributed by atoms with E-state index in [0.29, 0.717) is 23.0 Å². The van der Waals surface area contributed by atoms with E-state index in [1.54, 1.807) is 28.4 Å². The summed E-state index contributed by atoms with van der Waals surface area (Å²) >= 11 is 0. The number of aromatic amines is 1. The van der Waals surface area contributed by atoms with Crippen LogP contribution < -0.4 is 18.9 Å². The Bertz CT molecular complexity index is 916. The van der Waals surface area contributed by atoms with Gasteiger partial charge in [0, 0.05) is 23.8 Å². The molecule has 0 spiro atoms. The van der Waals surface area contributed by atoms with Crippen molar-refractivity contribution in [2.75, 3.05) is 35.2 Å². The van der Waals surface area contributed by atoms with Gasteiger partial charge in [-0.2, -0.15) is 0 Å². The number of benzene rings is 2. The molecule has 6 heteroatoms. The molecule has 1 heterocycles. The maximum Gasteiger partial charge on any atom is 0.189 e. The van der Waals surface area contributed by atoms with E-state index in [2.05, 4.69) is 11.9 Å². The molecule has 1 N–H and O–H groups in total. The fraction of sp³-hybridized carbons (Fsp3) is 0.300. The van der Waals surface area contributed by atoms with Crippen molar-refractivity contribution in [2.45, 2.75) is 6.92 Å². The van der Waals surface area contributed by atoms with Crippen LogP contribution in [0.15, 0.2) is 30.3 Å². The maximum absolute atomic E-state index is 5.75.